The summed E-state index contributed by atoms with van der Waals surface area (Å²) in [7, 11) is 1.61. The SMILES string of the molecule is COc1ccc(N2CCN(C(=O)NCc3ccccc3)[C@@H](C)C2=O)cc1. The molecule has 26 heavy (non-hydrogen) atoms. The van der Waals surface area contributed by atoms with Gasteiger partial charge >= 0.3 is 6.03 Å². The maximum Gasteiger partial charge on any atom is 0.318 e. The molecule has 3 rings (SSSR count). The average molecular weight is 353 g/mol. The summed E-state index contributed by atoms with van der Waals surface area (Å²) in [4.78, 5) is 28.5. The lowest BCUT2D eigenvalue weighted by Crippen LogP contribution is -2.59. The highest BCUT2D eigenvalue weighted by molar-refractivity contribution is 6.00. The Hall–Kier alpha value is -3.02. The summed E-state index contributed by atoms with van der Waals surface area (Å²) in [6.07, 6.45) is 0. The van der Waals surface area contributed by atoms with Crippen LogP contribution in [-0.2, 0) is 11.3 Å². The number of ether oxygens (including phenoxy) is 1. The number of hydrogen-bond donors (Lipinski definition) is 1. The minimum atomic E-state index is -0.512. The number of nitrogens with one attached hydrogen (secondary N) is 1. The van der Waals surface area contributed by atoms with Gasteiger partial charge in [0.05, 0.1) is 7.11 Å². The number of nitrogens with zero attached hydrogens (tertiary/aromatic N) is 2. The van der Waals surface area contributed by atoms with Gasteiger partial charge in [0, 0.05) is 25.3 Å². The lowest BCUT2D eigenvalue weighted by atomic mass is 10.1. The van der Waals surface area contributed by atoms with Crippen molar-refractivity contribution in [3.8, 4) is 5.75 Å². The van der Waals surface area contributed by atoms with Gasteiger partial charge in [-0.3, -0.25) is 4.79 Å². The maximum atomic E-state index is 12.7. The molecule has 1 N–H and O–H groups in total. The summed E-state index contributed by atoms with van der Waals surface area (Å²) >= 11 is 0. The number of methoxy groups -OCH3 is 1. The molecule has 1 saturated heterocycles. The third-order valence-electron chi connectivity index (χ3n) is 4.59. The van der Waals surface area contributed by atoms with Crippen molar-refractivity contribution in [3.63, 3.8) is 0 Å². The Kier molecular flexibility index (Phi) is 5.41. The molecule has 2 aromatic carbocycles. The molecule has 3 amide bonds. The number of piperazine rings is 1. The van der Waals surface area contributed by atoms with Gasteiger partial charge in [-0.2, -0.15) is 0 Å². The molecule has 0 unspecified atom stereocenters. The van der Waals surface area contributed by atoms with Gasteiger partial charge in [-0.25, -0.2) is 4.79 Å². The highest BCUT2D eigenvalue weighted by Crippen LogP contribution is 2.23. The van der Waals surface area contributed by atoms with Gasteiger partial charge in [-0.1, -0.05) is 30.3 Å². The van der Waals surface area contributed by atoms with Crippen molar-refractivity contribution in [3.05, 3.63) is 60.2 Å². The number of rotatable bonds is 4. The Morgan fingerprint density at radius 2 is 1.81 bits per heavy atom. The zero-order valence-electron chi connectivity index (χ0n) is 15.0. The molecule has 1 atom stereocenters. The quantitative estimate of drug-likeness (QED) is 0.919. The van der Waals surface area contributed by atoms with Gasteiger partial charge in [0.15, 0.2) is 0 Å². The third-order valence-corrected chi connectivity index (χ3v) is 4.59. The van der Waals surface area contributed by atoms with Gasteiger partial charge in [0.2, 0.25) is 5.91 Å². The second kappa shape index (κ2) is 7.91. The largest absolute Gasteiger partial charge is 0.497 e. The minimum absolute atomic E-state index is 0.0868. The predicted molar refractivity (Wildman–Crippen MR) is 100 cm³/mol. The van der Waals surface area contributed by atoms with Crippen LogP contribution in [0.1, 0.15) is 12.5 Å². The van der Waals surface area contributed by atoms with Crippen LogP contribution in [0.3, 0.4) is 0 Å². The van der Waals surface area contributed by atoms with Crippen LogP contribution in [0.4, 0.5) is 10.5 Å². The van der Waals surface area contributed by atoms with Crippen LogP contribution in [0.5, 0.6) is 5.75 Å². The van der Waals surface area contributed by atoms with Crippen molar-refractivity contribution >= 4 is 17.6 Å². The highest BCUT2D eigenvalue weighted by atomic mass is 16.5. The second-order valence-electron chi connectivity index (χ2n) is 6.20. The van der Waals surface area contributed by atoms with E-state index < -0.39 is 6.04 Å². The van der Waals surface area contributed by atoms with Crippen LogP contribution in [0.25, 0.3) is 0 Å². The van der Waals surface area contributed by atoms with Crippen molar-refractivity contribution < 1.29 is 14.3 Å². The first-order valence-electron chi connectivity index (χ1n) is 8.64. The van der Waals surface area contributed by atoms with E-state index in [1.807, 2.05) is 54.6 Å². The van der Waals surface area contributed by atoms with E-state index in [1.165, 1.54) is 0 Å². The van der Waals surface area contributed by atoms with Gasteiger partial charge in [0.1, 0.15) is 11.8 Å². The van der Waals surface area contributed by atoms with E-state index in [2.05, 4.69) is 5.32 Å². The number of anilines is 1. The lowest BCUT2D eigenvalue weighted by Gasteiger charge is -2.39. The molecular formula is C20H23N3O3. The van der Waals surface area contributed by atoms with Gasteiger partial charge in [-0.05, 0) is 36.8 Å². The van der Waals surface area contributed by atoms with Gasteiger partial charge < -0.3 is 19.9 Å². The molecule has 1 aliphatic heterocycles. The number of urea groups is 1. The molecule has 0 aromatic heterocycles. The molecular weight excluding hydrogens is 330 g/mol. The molecule has 6 nitrogen and oxygen atoms in total. The summed E-state index contributed by atoms with van der Waals surface area (Å²) in [6, 6.07) is 16.3. The fourth-order valence-electron chi connectivity index (χ4n) is 3.04. The van der Waals surface area contributed by atoms with Crippen LogP contribution in [-0.4, -0.2) is 43.1 Å². The number of carbonyl (C=O) groups excluding carboxylic acids is 2. The van der Waals surface area contributed by atoms with Crippen LogP contribution >= 0.6 is 0 Å². The van der Waals surface area contributed by atoms with Crippen molar-refractivity contribution in [2.24, 2.45) is 0 Å². The lowest BCUT2D eigenvalue weighted by molar-refractivity contribution is -0.124. The van der Waals surface area contributed by atoms with Crippen molar-refractivity contribution in [1.82, 2.24) is 10.2 Å². The number of hydrogen-bond acceptors (Lipinski definition) is 3. The van der Waals surface area contributed by atoms with Crippen LogP contribution in [0.2, 0.25) is 0 Å². The zero-order chi connectivity index (χ0) is 18.5. The van der Waals surface area contributed by atoms with Crippen molar-refractivity contribution in [2.45, 2.75) is 19.5 Å². The Balaban J connectivity index is 1.62. The van der Waals surface area contributed by atoms with E-state index in [9.17, 15) is 9.59 Å². The molecule has 0 bridgehead atoms. The molecule has 0 spiro atoms. The molecule has 6 heteroatoms. The Bertz CT molecular complexity index is 762. The first-order valence-corrected chi connectivity index (χ1v) is 8.64. The predicted octanol–water partition coefficient (Wildman–Crippen LogP) is 2.64. The fraction of sp³-hybridized carbons (Fsp3) is 0.300. The molecule has 2 aromatic rings. The van der Waals surface area contributed by atoms with E-state index in [4.69, 9.17) is 4.74 Å². The summed E-state index contributed by atoms with van der Waals surface area (Å²) in [5.41, 5.74) is 1.84. The number of amides is 3. The first kappa shape index (κ1) is 17.8. The summed E-state index contributed by atoms with van der Waals surface area (Å²) in [6.45, 7) is 3.16. The highest BCUT2D eigenvalue weighted by Gasteiger charge is 2.34. The fourth-order valence-corrected chi connectivity index (χ4v) is 3.04. The topological polar surface area (TPSA) is 61.9 Å². The molecule has 0 aliphatic carbocycles. The van der Waals surface area contributed by atoms with E-state index in [0.29, 0.717) is 19.6 Å². The molecule has 1 aliphatic rings. The third kappa shape index (κ3) is 3.79. The van der Waals surface area contributed by atoms with Crippen LogP contribution in [0.15, 0.2) is 54.6 Å². The maximum absolute atomic E-state index is 12.7. The molecule has 1 heterocycles. The van der Waals surface area contributed by atoms with E-state index in [1.54, 1.807) is 23.8 Å². The van der Waals surface area contributed by atoms with Crippen molar-refractivity contribution in [1.29, 1.82) is 0 Å². The van der Waals surface area contributed by atoms with Crippen LogP contribution < -0.4 is 15.0 Å². The van der Waals surface area contributed by atoms with Crippen molar-refractivity contribution in [2.75, 3.05) is 25.1 Å². The van der Waals surface area contributed by atoms with E-state index in [-0.39, 0.29) is 11.9 Å². The summed E-state index contributed by atoms with van der Waals surface area (Å²) in [5.74, 6) is 0.657. The molecule has 0 saturated carbocycles. The Morgan fingerprint density at radius 1 is 1.12 bits per heavy atom. The summed E-state index contributed by atoms with van der Waals surface area (Å²) in [5, 5.41) is 2.89. The van der Waals surface area contributed by atoms with Gasteiger partial charge in [0.25, 0.3) is 0 Å². The first-order chi connectivity index (χ1) is 12.6. The van der Waals surface area contributed by atoms with E-state index >= 15 is 0 Å². The monoisotopic (exact) mass is 353 g/mol. The number of carbonyl (C=O) groups is 2. The molecule has 136 valence electrons. The Morgan fingerprint density at radius 3 is 2.46 bits per heavy atom. The average Bonchev–Trinajstić information content (AvgIpc) is 2.69. The molecule has 0 radical (unpaired) electrons. The Labute approximate surface area is 153 Å². The van der Waals surface area contributed by atoms with E-state index in [0.717, 1.165) is 17.0 Å². The molecule has 1 fully saturated rings. The smallest absolute Gasteiger partial charge is 0.318 e. The summed E-state index contributed by atoms with van der Waals surface area (Å²) < 4.78 is 5.15. The minimum Gasteiger partial charge on any atom is -0.497 e. The van der Waals surface area contributed by atoms with Gasteiger partial charge in [-0.15, -0.1) is 0 Å². The van der Waals surface area contributed by atoms with Crippen LogP contribution in [0, 0.1) is 0 Å². The standard InChI is InChI=1S/C20H23N3O3/c1-15-19(24)23(17-8-10-18(26-2)11-9-17)13-12-22(15)20(25)21-14-16-6-4-3-5-7-16/h3-11,15H,12-14H2,1-2H3,(H,21,25)/t15-/m0/s1. The normalized spacial score (nSPS) is 17.2. The second-order valence-corrected chi connectivity index (χ2v) is 6.20. The zero-order valence-corrected chi connectivity index (χ0v) is 15.0. The number of benzene rings is 2.